The van der Waals surface area contributed by atoms with Gasteiger partial charge in [-0.25, -0.2) is 0 Å². The summed E-state index contributed by atoms with van der Waals surface area (Å²) >= 11 is 0. The van der Waals surface area contributed by atoms with E-state index in [9.17, 15) is 9.59 Å². The maximum absolute atomic E-state index is 11.8. The highest BCUT2D eigenvalue weighted by Gasteiger charge is 2.41. The standard InChI is InChI=1S/C17H28O3/c1-12-7-8-13(11-18)17(5,6)14(12)9-10-20-15(19)16(2,3)4/h11,13-14H,1,7-10H2,2-6H3/t13-,14-/m0/s1. The van der Waals surface area contributed by atoms with Crippen LogP contribution in [0.2, 0.25) is 0 Å². The number of allylic oxidation sites excluding steroid dienone is 1. The van der Waals surface area contributed by atoms with Crippen molar-refractivity contribution in [1.29, 1.82) is 0 Å². The first-order chi connectivity index (χ1) is 9.10. The van der Waals surface area contributed by atoms with Crippen LogP contribution in [-0.2, 0) is 14.3 Å². The van der Waals surface area contributed by atoms with Crippen LogP contribution in [0, 0.1) is 22.7 Å². The van der Waals surface area contributed by atoms with Gasteiger partial charge in [-0.15, -0.1) is 0 Å². The summed E-state index contributed by atoms with van der Waals surface area (Å²) in [6.07, 6.45) is 3.59. The second-order valence-corrected chi connectivity index (χ2v) is 7.49. The Bertz CT molecular complexity index is 388. The second-order valence-electron chi connectivity index (χ2n) is 7.49. The number of ether oxygens (including phenoxy) is 1. The van der Waals surface area contributed by atoms with Gasteiger partial charge >= 0.3 is 5.97 Å². The zero-order valence-corrected chi connectivity index (χ0v) is 13.5. The van der Waals surface area contributed by atoms with Crippen molar-refractivity contribution in [2.45, 2.75) is 53.9 Å². The van der Waals surface area contributed by atoms with E-state index in [2.05, 4.69) is 20.4 Å². The lowest BCUT2D eigenvalue weighted by Crippen LogP contribution is -2.39. The molecule has 1 fully saturated rings. The Labute approximate surface area is 122 Å². The van der Waals surface area contributed by atoms with Crippen LogP contribution in [0.3, 0.4) is 0 Å². The minimum atomic E-state index is -0.468. The molecule has 0 spiro atoms. The van der Waals surface area contributed by atoms with E-state index in [1.807, 2.05) is 20.8 Å². The fourth-order valence-electron chi connectivity index (χ4n) is 2.98. The fourth-order valence-corrected chi connectivity index (χ4v) is 2.98. The largest absolute Gasteiger partial charge is 0.465 e. The average Bonchev–Trinajstić information content (AvgIpc) is 2.31. The molecule has 1 rings (SSSR count). The van der Waals surface area contributed by atoms with Crippen LogP contribution in [0.25, 0.3) is 0 Å². The van der Waals surface area contributed by atoms with Gasteiger partial charge in [0.15, 0.2) is 0 Å². The molecule has 20 heavy (non-hydrogen) atoms. The van der Waals surface area contributed by atoms with Crippen molar-refractivity contribution in [2.24, 2.45) is 22.7 Å². The summed E-state index contributed by atoms with van der Waals surface area (Å²) in [6.45, 7) is 14.3. The van der Waals surface area contributed by atoms with Crippen molar-refractivity contribution in [2.75, 3.05) is 6.61 Å². The van der Waals surface area contributed by atoms with Crippen molar-refractivity contribution >= 4 is 12.3 Å². The molecule has 0 heterocycles. The molecule has 0 aromatic carbocycles. The number of aldehydes is 1. The summed E-state index contributed by atoms with van der Waals surface area (Å²) in [5.41, 5.74) is 0.607. The molecular formula is C17H28O3. The lowest BCUT2D eigenvalue weighted by molar-refractivity contribution is -0.153. The maximum Gasteiger partial charge on any atom is 0.311 e. The molecule has 0 aromatic heterocycles. The third-order valence-electron chi connectivity index (χ3n) is 4.54. The number of hydrogen-bond acceptors (Lipinski definition) is 3. The molecule has 1 aliphatic carbocycles. The van der Waals surface area contributed by atoms with Crippen LogP contribution in [0.1, 0.15) is 53.9 Å². The highest BCUT2D eigenvalue weighted by Crippen LogP contribution is 2.47. The van der Waals surface area contributed by atoms with Gasteiger partial charge in [-0.1, -0.05) is 26.0 Å². The molecule has 114 valence electrons. The van der Waals surface area contributed by atoms with Crippen LogP contribution >= 0.6 is 0 Å². The van der Waals surface area contributed by atoms with E-state index in [0.717, 1.165) is 25.5 Å². The molecule has 3 nitrogen and oxygen atoms in total. The highest BCUT2D eigenvalue weighted by atomic mass is 16.5. The Balaban J connectivity index is 2.63. The summed E-state index contributed by atoms with van der Waals surface area (Å²) in [6, 6.07) is 0. The maximum atomic E-state index is 11.8. The summed E-state index contributed by atoms with van der Waals surface area (Å²) in [7, 11) is 0. The average molecular weight is 280 g/mol. The van der Waals surface area contributed by atoms with Gasteiger partial charge in [0.1, 0.15) is 6.29 Å². The molecule has 2 atom stereocenters. The first-order valence-corrected chi connectivity index (χ1v) is 7.41. The number of esters is 1. The summed E-state index contributed by atoms with van der Waals surface area (Å²) in [5.74, 6) is 0.124. The Morgan fingerprint density at radius 1 is 1.45 bits per heavy atom. The monoisotopic (exact) mass is 280 g/mol. The molecule has 3 heteroatoms. The van der Waals surface area contributed by atoms with E-state index in [-0.39, 0.29) is 23.2 Å². The summed E-state index contributed by atoms with van der Waals surface area (Å²) in [4.78, 5) is 23.0. The summed E-state index contributed by atoms with van der Waals surface area (Å²) < 4.78 is 5.35. The topological polar surface area (TPSA) is 43.4 Å². The quantitative estimate of drug-likeness (QED) is 0.447. The van der Waals surface area contributed by atoms with Crippen molar-refractivity contribution in [3.05, 3.63) is 12.2 Å². The molecule has 1 aliphatic rings. The number of hydrogen-bond donors (Lipinski definition) is 0. The second kappa shape index (κ2) is 6.11. The van der Waals surface area contributed by atoms with Gasteiger partial charge < -0.3 is 9.53 Å². The van der Waals surface area contributed by atoms with Gasteiger partial charge in [0.2, 0.25) is 0 Å². The lowest BCUT2D eigenvalue weighted by atomic mass is 9.60. The SMILES string of the molecule is C=C1CC[C@@H](C=O)C(C)(C)[C@H]1CCOC(=O)C(C)(C)C. The molecule has 0 bridgehead atoms. The van der Waals surface area contributed by atoms with Gasteiger partial charge in [-0.3, -0.25) is 4.79 Å². The first-order valence-electron chi connectivity index (χ1n) is 7.41. The van der Waals surface area contributed by atoms with Crippen LogP contribution in [0.5, 0.6) is 0 Å². The Hall–Kier alpha value is -1.12. The van der Waals surface area contributed by atoms with Crippen LogP contribution < -0.4 is 0 Å². The Kier molecular flexibility index (Phi) is 5.17. The zero-order valence-electron chi connectivity index (χ0n) is 13.5. The predicted molar refractivity (Wildman–Crippen MR) is 80.2 cm³/mol. The van der Waals surface area contributed by atoms with Gasteiger partial charge in [-0.2, -0.15) is 0 Å². The molecule has 0 N–H and O–H groups in total. The third kappa shape index (κ3) is 3.71. The fraction of sp³-hybridized carbons (Fsp3) is 0.765. The molecule has 1 saturated carbocycles. The number of rotatable bonds is 4. The minimum Gasteiger partial charge on any atom is -0.465 e. The van der Waals surface area contributed by atoms with Gasteiger partial charge in [0, 0.05) is 5.92 Å². The van der Waals surface area contributed by atoms with Crippen LogP contribution in [0.15, 0.2) is 12.2 Å². The van der Waals surface area contributed by atoms with E-state index in [1.165, 1.54) is 5.57 Å². The molecule has 0 aromatic rings. The lowest BCUT2D eigenvalue weighted by Gasteiger charge is -2.44. The molecular weight excluding hydrogens is 252 g/mol. The Morgan fingerprint density at radius 2 is 2.05 bits per heavy atom. The van der Waals surface area contributed by atoms with Crippen molar-refractivity contribution in [3.63, 3.8) is 0 Å². The van der Waals surface area contributed by atoms with Crippen molar-refractivity contribution in [3.8, 4) is 0 Å². The van der Waals surface area contributed by atoms with Crippen molar-refractivity contribution < 1.29 is 14.3 Å². The summed E-state index contributed by atoms with van der Waals surface area (Å²) in [5, 5.41) is 0. The Morgan fingerprint density at radius 3 is 2.55 bits per heavy atom. The van der Waals surface area contributed by atoms with E-state index in [4.69, 9.17) is 4.74 Å². The highest BCUT2D eigenvalue weighted by molar-refractivity contribution is 5.75. The van der Waals surface area contributed by atoms with E-state index >= 15 is 0 Å². The normalized spacial score (nSPS) is 26.1. The van der Waals surface area contributed by atoms with Gasteiger partial charge in [-0.05, 0) is 51.4 Å². The van der Waals surface area contributed by atoms with Crippen LogP contribution in [-0.4, -0.2) is 18.9 Å². The van der Waals surface area contributed by atoms with Gasteiger partial charge in [0.05, 0.1) is 12.0 Å². The van der Waals surface area contributed by atoms with E-state index < -0.39 is 5.41 Å². The molecule has 0 unspecified atom stereocenters. The number of carbonyl (C=O) groups excluding carboxylic acids is 2. The van der Waals surface area contributed by atoms with Gasteiger partial charge in [0.25, 0.3) is 0 Å². The van der Waals surface area contributed by atoms with Crippen LogP contribution in [0.4, 0.5) is 0 Å². The minimum absolute atomic E-state index is 0.0660. The van der Waals surface area contributed by atoms with E-state index in [1.54, 1.807) is 0 Å². The van der Waals surface area contributed by atoms with E-state index in [0.29, 0.717) is 6.61 Å². The van der Waals surface area contributed by atoms with Crippen molar-refractivity contribution in [1.82, 2.24) is 0 Å². The first kappa shape index (κ1) is 16.9. The molecule has 0 amide bonds. The molecule has 0 radical (unpaired) electrons. The number of carbonyl (C=O) groups is 2. The molecule has 0 aliphatic heterocycles. The predicted octanol–water partition coefficient (Wildman–Crippen LogP) is 3.77. The third-order valence-corrected chi connectivity index (χ3v) is 4.54. The molecule has 0 saturated heterocycles. The zero-order chi connectivity index (χ0) is 15.6. The smallest absolute Gasteiger partial charge is 0.311 e.